The van der Waals surface area contributed by atoms with E-state index >= 15 is 0 Å². The number of hydrogen-bond acceptors (Lipinski definition) is 3. The largest absolute Gasteiger partial charge is 0.372 e. The van der Waals surface area contributed by atoms with Crippen LogP contribution < -0.4 is 10.2 Å². The lowest BCUT2D eigenvalue weighted by Gasteiger charge is -2.35. The standard InChI is InChI=1S/C23H32N4O/c1-4-26(5-2)22-12-10-21(11-13-22)24-23(28)27-16-14-25(15-17-27)18-20-9-7-6-8-19(20)3/h6-13H,4-5,14-18H2,1-3H3,(H,24,28). The van der Waals surface area contributed by atoms with Crippen LogP contribution in [0.25, 0.3) is 0 Å². The second-order valence-electron chi connectivity index (χ2n) is 7.34. The minimum atomic E-state index is -0.00821. The second kappa shape index (κ2) is 9.60. The maximum absolute atomic E-state index is 12.6. The molecule has 1 aliphatic heterocycles. The Morgan fingerprint density at radius 2 is 1.61 bits per heavy atom. The molecule has 1 fully saturated rings. The van der Waals surface area contributed by atoms with Crippen LogP contribution in [0.5, 0.6) is 0 Å². The maximum Gasteiger partial charge on any atom is 0.321 e. The van der Waals surface area contributed by atoms with Gasteiger partial charge in [-0.1, -0.05) is 24.3 Å². The van der Waals surface area contributed by atoms with Gasteiger partial charge in [0.25, 0.3) is 0 Å². The molecule has 5 nitrogen and oxygen atoms in total. The summed E-state index contributed by atoms with van der Waals surface area (Å²) in [6.45, 7) is 12.7. The maximum atomic E-state index is 12.6. The van der Waals surface area contributed by atoms with Crippen LogP contribution in [-0.4, -0.2) is 55.1 Å². The van der Waals surface area contributed by atoms with Crippen molar-refractivity contribution >= 4 is 17.4 Å². The van der Waals surface area contributed by atoms with E-state index in [0.717, 1.165) is 51.5 Å². The number of urea groups is 1. The van der Waals surface area contributed by atoms with E-state index in [4.69, 9.17) is 0 Å². The molecule has 28 heavy (non-hydrogen) atoms. The van der Waals surface area contributed by atoms with Crippen molar-refractivity contribution in [2.45, 2.75) is 27.3 Å². The summed E-state index contributed by atoms with van der Waals surface area (Å²) in [5, 5.41) is 3.04. The fourth-order valence-corrected chi connectivity index (χ4v) is 3.68. The number of nitrogens with zero attached hydrogens (tertiary/aromatic N) is 3. The molecule has 0 unspecified atom stereocenters. The molecule has 1 saturated heterocycles. The van der Waals surface area contributed by atoms with Gasteiger partial charge in [0.1, 0.15) is 0 Å². The van der Waals surface area contributed by atoms with Crippen LogP contribution >= 0.6 is 0 Å². The summed E-state index contributed by atoms with van der Waals surface area (Å²) in [5.74, 6) is 0. The van der Waals surface area contributed by atoms with Crippen molar-refractivity contribution in [3.63, 3.8) is 0 Å². The van der Waals surface area contributed by atoms with Crippen LogP contribution in [0.2, 0.25) is 0 Å². The summed E-state index contributed by atoms with van der Waals surface area (Å²) in [5.41, 5.74) is 4.74. The Morgan fingerprint density at radius 1 is 0.964 bits per heavy atom. The number of aryl methyl sites for hydroxylation is 1. The molecule has 150 valence electrons. The number of rotatable bonds is 6. The summed E-state index contributed by atoms with van der Waals surface area (Å²) in [4.78, 5) is 19.2. The SMILES string of the molecule is CCN(CC)c1ccc(NC(=O)N2CCN(Cc3ccccc3C)CC2)cc1. The third-order valence-electron chi connectivity index (χ3n) is 5.56. The van der Waals surface area contributed by atoms with Crippen molar-refractivity contribution in [2.75, 3.05) is 49.5 Å². The zero-order valence-corrected chi connectivity index (χ0v) is 17.3. The van der Waals surface area contributed by atoms with Gasteiger partial charge in [0.2, 0.25) is 0 Å². The Hall–Kier alpha value is -2.53. The summed E-state index contributed by atoms with van der Waals surface area (Å²) in [6.07, 6.45) is 0. The number of piperazine rings is 1. The Kier molecular flexibility index (Phi) is 6.93. The molecule has 0 saturated carbocycles. The molecule has 0 spiro atoms. The molecule has 0 aromatic heterocycles. The molecule has 2 aromatic carbocycles. The van der Waals surface area contributed by atoms with Gasteiger partial charge in [-0.15, -0.1) is 0 Å². The topological polar surface area (TPSA) is 38.8 Å². The monoisotopic (exact) mass is 380 g/mol. The van der Waals surface area contributed by atoms with Gasteiger partial charge in [-0.25, -0.2) is 4.79 Å². The highest BCUT2D eigenvalue weighted by molar-refractivity contribution is 5.89. The Balaban J connectivity index is 1.49. The zero-order chi connectivity index (χ0) is 19.9. The Labute approximate surface area is 168 Å². The Morgan fingerprint density at radius 3 is 2.21 bits per heavy atom. The molecular weight excluding hydrogens is 348 g/mol. The first-order chi connectivity index (χ1) is 13.6. The van der Waals surface area contributed by atoms with Gasteiger partial charge in [0.05, 0.1) is 0 Å². The fraction of sp³-hybridized carbons (Fsp3) is 0.435. The first kappa shape index (κ1) is 20.2. The van der Waals surface area contributed by atoms with E-state index in [2.05, 4.69) is 72.3 Å². The van der Waals surface area contributed by atoms with Crippen molar-refractivity contribution in [1.29, 1.82) is 0 Å². The van der Waals surface area contributed by atoms with E-state index in [9.17, 15) is 4.79 Å². The van der Waals surface area contributed by atoms with E-state index < -0.39 is 0 Å². The number of amides is 2. The van der Waals surface area contributed by atoms with E-state index in [1.807, 2.05) is 17.0 Å². The lowest BCUT2D eigenvalue weighted by Crippen LogP contribution is -2.49. The normalized spacial score (nSPS) is 14.8. The van der Waals surface area contributed by atoms with Crippen LogP contribution in [0.15, 0.2) is 48.5 Å². The predicted molar refractivity (Wildman–Crippen MR) is 117 cm³/mol. The van der Waals surface area contributed by atoms with E-state index in [0.29, 0.717) is 0 Å². The van der Waals surface area contributed by atoms with Crippen molar-refractivity contribution in [1.82, 2.24) is 9.80 Å². The first-order valence-electron chi connectivity index (χ1n) is 10.3. The summed E-state index contributed by atoms with van der Waals surface area (Å²) in [7, 11) is 0. The molecule has 0 radical (unpaired) electrons. The molecule has 2 amide bonds. The third kappa shape index (κ3) is 5.04. The lowest BCUT2D eigenvalue weighted by atomic mass is 10.1. The summed E-state index contributed by atoms with van der Waals surface area (Å²) < 4.78 is 0. The Bertz CT molecular complexity index is 762. The van der Waals surface area contributed by atoms with Gasteiger partial charge in [0, 0.05) is 57.2 Å². The summed E-state index contributed by atoms with van der Waals surface area (Å²) >= 11 is 0. The quantitative estimate of drug-likeness (QED) is 0.817. The van der Waals surface area contributed by atoms with Gasteiger partial charge in [-0.3, -0.25) is 4.90 Å². The number of benzene rings is 2. The van der Waals surface area contributed by atoms with E-state index in [1.54, 1.807) is 0 Å². The van der Waals surface area contributed by atoms with Gasteiger partial charge in [-0.05, 0) is 56.2 Å². The number of nitrogens with one attached hydrogen (secondary N) is 1. The van der Waals surface area contributed by atoms with Gasteiger partial charge < -0.3 is 15.1 Å². The molecule has 0 bridgehead atoms. The average Bonchev–Trinajstić information content (AvgIpc) is 2.72. The van der Waals surface area contributed by atoms with Crippen molar-refractivity contribution in [3.05, 3.63) is 59.7 Å². The zero-order valence-electron chi connectivity index (χ0n) is 17.3. The van der Waals surface area contributed by atoms with Crippen LogP contribution in [0.3, 0.4) is 0 Å². The number of carbonyl (C=O) groups is 1. The van der Waals surface area contributed by atoms with Crippen LogP contribution in [-0.2, 0) is 6.54 Å². The minimum Gasteiger partial charge on any atom is -0.372 e. The smallest absolute Gasteiger partial charge is 0.321 e. The van der Waals surface area contributed by atoms with Gasteiger partial charge >= 0.3 is 6.03 Å². The highest BCUT2D eigenvalue weighted by atomic mass is 16.2. The number of anilines is 2. The molecular formula is C23H32N4O. The molecule has 3 rings (SSSR count). The van der Waals surface area contributed by atoms with E-state index in [-0.39, 0.29) is 6.03 Å². The molecule has 5 heteroatoms. The number of carbonyl (C=O) groups excluding carboxylic acids is 1. The van der Waals surface area contributed by atoms with Gasteiger partial charge in [-0.2, -0.15) is 0 Å². The first-order valence-corrected chi connectivity index (χ1v) is 10.3. The predicted octanol–water partition coefficient (Wildman–Crippen LogP) is 4.19. The molecule has 2 aromatic rings. The summed E-state index contributed by atoms with van der Waals surface area (Å²) in [6, 6.07) is 16.6. The third-order valence-corrected chi connectivity index (χ3v) is 5.56. The van der Waals surface area contributed by atoms with Crippen molar-refractivity contribution < 1.29 is 4.79 Å². The van der Waals surface area contributed by atoms with Crippen LogP contribution in [0.1, 0.15) is 25.0 Å². The van der Waals surface area contributed by atoms with Crippen LogP contribution in [0.4, 0.5) is 16.2 Å². The van der Waals surface area contributed by atoms with Crippen molar-refractivity contribution in [3.8, 4) is 0 Å². The minimum absolute atomic E-state index is 0.00821. The fourth-order valence-electron chi connectivity index (χ4n) is 3.68. The molecule has 1 N–H and O–H groups in total. The highest BCUT2D eigenvalue weighted by Crippen LogP contribution is 2.18. The van der Waals surface area contributed by atoms with Crippen molar-refractivity contribution in [2.24, 2.45) is 0 Å². The average molecular weight is 381 g/mol. The van der Waals surface area contributed by atoms with Gasteiger partial charge in [0.15, 0.2) is 0 Å². The highest BCUT2D eigenvalue weighted by Gasteiger charge is 2.21. The second-order valence-corrected chi connectivity index (χ2v) is 7.34. The molecule has 1 heterocycles. The molecule has 0 aliphatic carbocycles. The molecule has 1 aliphatic rings. The lowest BCUT2D eigenvalue weighted by molar-refractivity contribution is 0.143. The molecule has 0 atom stereocenters. The van der Waals surface area contributed by atoms with E-state index in [1.165, 1.54) is 16.8 Å². The number of hydrogen-bond donors (Lipinski definition) is 1. The van der Waals surface area contributed by atoms with Crippen LogP contribution in [0, 0.1) is 6.92 Å².